The van der Waals surface area contributed by atoms with Gasteiger partial charge in [-0.05, 0) is 62.3 Å². The van der Waals surface area contributed by atoms with Crippen LogP contribution in [0.15, 0.2) is 28.8 Å². The van der Waals surface area contributed by atoms with Crippen molar-refractivity contribution >= 4 is 12.0 Å². The molecule has 0 aliphatic carbocycles. The van der Waals surface area contributed by atoms with Gasteiger partial charge in [0.25, 0.3) is 0 Å². The molecule has 6 nitrogen and oxygen atoms in total. The number of carbonyl (C=O) groups excluding carboxylic acids is 1. The number of piperidine rings is 1. The lowest BCUT2D eigenvalue weighted by atomic mass is 9.78. The van der Waals surface area contributed by atoms with E-state index in [1.165, 1.54) is 6.42 Å². The molecule has 2 heterocycles. The van der Waals surface area contributed by atoms with Gasteiger partial charge in [0.15, 0.2) is 11.5 Å². The van der Waals surface area contributed by atoms with Gasteiger partial charge in [-0.1, -0.05) is 31.5 Å². The molecule has 168 valence electrons. The van der Waals surface area contributed by atoms with E-state index in [2.05, 4.69) is 19.0 Å². The molecule has 1 aliphatic heterocycles. The molecule has 0 spiro atoms. The molecule has 1 atom stereocenters. The van der Waals surface area contributed by atoms with E-state index in [0.29, 0.717) is 18.1 Å². The molecule has 3 rings (SSSR count). The Morgan fingerprint density at radius 1 is 1.32 bits per heavy atom. The number of carbonyl (C=O) groups is 1. The number of methoxy groups -OCH3 is 1. The first-order chi connectivity index (χ1) is 14.8. The Kier molecular flexibility index (Phi) is 7.42. The summed E-state index contributed by atoms with van der Waals surface area (Å²) >= 11 is 0. The highest BCUT2D eigenvalue weighted by Crippen LogP contribution is 2.34. The SMILES string of the molecule is CCC[C@@]1(C)CCCN(C(=O)/C=C\c2ccc(OCc3c(C)noc3C)c(OC)c2)C1. The molecule has 2 aromatic rings. The molecule has 1 saturated heterocycles. The van der Waals surface area contributed by atoms with Gasteiger partial charge in [0, 0.05) is 19.2 Å². The van der Waals surface area contributed by atoms with Crippen molar-refractivity contribution in [2.45, 2.75) is 60.0 Å². The summed E-state index contributed by atoms with van der Waals surface area (Å²) in [6.07, 6.45) is 8.08. The monoisotopic (exact) mass is 426 g/mol. The fraction of sp³-hybridized carbons (Fsp3) is 0.520. The van der Waals surface area contributed by atoms with Crippen LogP contribution in [0.2, 0.25) is 0 Å². The molecule has 0 N–H and O–H groups in total. The number of aryl methyl sites for hydroxylation is 2. The lowest BCUT2D eigenvalue weighted by Gasteiger charge is -2.40. The van der Waals surface area contributed by atoms with E-state index >= 15 is 0 Å². The van der Waals surface area contributed by atoms with E-state index in [1.807, 2.05) is 43.0 Å². The topological polar surface area (TPSA) is 64.8 Å². The Labute approximate surface area is 185 Å². The quantitative estimate of drug-likeness (QED) is 0.535. The highest BCUT2D eigenvalue weighted by Gasteiger charge is 2.31. The maximum Gasteiger partial charge on any atom is 0.246 e. The summed E-state index contributed by atoms with van der Waals surface area (Å²) in [5.74, 6) is 2.08. The van der Waals surface area contributed by atoms with E-state index in [-0.39, 0.29) is 11.3 Å². The van der Waals surface area contributed by atoms with Crippen LogP contribution in [0.25, 0.3) is 6.08 Å². The first-order valence-electron chi connectivity index (χ1n) is 11.0. The van der Waals surface area contributed by atoms with Crippen LogP contribution in [0, 0.1) is 19.3 Å². The Hall–Kier alpha value is -2.76. The molecule has 1 aromatic heterocycles. The lowest BCUT2D eigenvalue weighted by molar-refractivity contribution is -0.129. The highest BCUT2D eigenvalue weighted by atomic mass is 16.5. The predicted octanol–water partition coefficient (Wildman–Crippen LogP) is 5.32. The number of hydrogen-bond acceptors (Lipinski definition) is 5. The minimum Gasteiger partial charge on any atom is -0.493 e. The molecule has 0 unspecified atom stereocenters. The van der Waals surface area contributed by atoms with Gasteiger partial charge in [0.2, 0.25) is 5.91 Å². The van der Waals surface area contributed by atoms with Crippen molar-refractivity contribution in [3.05, 3.63) is 46.9 Å². The van der Waals surface area contributed by atoms with Crippen LogP contribution in [0.5, 0.6) is 11.5 Å². The largest absolute Gasteiger partial charge is 0.493 e. The molecule has 0 saturated carbocycles. The van der Waals surface area contributed by atoms with E-state index < -0.39 is 0 Å². The van der Waals surface area contributed by atoms with Crippen molar-refractivity contribution in [1.29, 1.82) is 0 Å². The first kappa shape index (κ1) is 22.9. The van der Waals surface area contributed by atoms with E-state index in [9.17, 15) is 4.79 Å². The van der Waals surface area contributed by atoms with Crippen LogP contribution in [0.1, 0.15) is 62.1 Å². The number of benzene rings is 1. The fourth-order valence-corrected chi connectivity index (χ4v) is 4.35. The van der Waals surface area contributed by atoms with E-state index in [4.69, 9.17) is 14.0 Å². The van der Waals surface area contributed by atoms with Gasteiger partial charge >= 0.3 is 0 Å². The van der Waals surface area contributed by atoms with Gasteiger partial charge in [0.1, 0.15) is 12.4 Å². The van der Waals surface area contributed by atoms with Gasteiger partial charge < -0.3 is 18.9 Å². The molecule has 1 aromatic carbocycles. The predicted molar refractivity (Wildman–Crippen MR) is 121 cm³/mol. The summed E-state index contributed by atoms with van der Waals surface area (Å²) in [4.78, 5) is 14.7. The number of aromatic nitrogens is 1. The molecular formula is C25H34N2O4. The average Bonchev–Trinajstić information content (AvgIpc) is 3.08. The average molecular weight is 427 g/mol. The van der Waals surface area contributed by atoms with Gasteiger partial charge in [0.05, 0.1) is 18.4 Å². The number of nitrogens with zero attached hydrogens (tertiary/aromatic N) is 2. The summed E-state index contributed by atoms with van der Waals surface area (Å²) in [6, 6.07) is 5.66. The molecule has 0 radical (unpaired) electrons. The molecule has 0 bridgehead atoms. The Morgan fingerprint density at radius 3 is 2.81 bits per heavy atom. The number of rotatable bonds is 8. The summed E-state index contributed by atoms with van der Waals surface area (Å²) in [6.45, 7) is 10.3. The van der Waals surface area contributed by atoms with E-state index in [1.54, 1.807) is 13.2 Å². The zero-order chi connectivity index (χ0) is 22.4. The maximum absolute atomic E-state index is 12.8. The Bertz CT molecular complexity index is 910. The third kappa shape index (κ3) is 5.69. The second-order valence-electron chi connectivity index (χ2n) is 8.76. The van der Waals surface area contributed by atoms with Crippen molar-refractivity contribution in [2.75, 3.05) is 20.2 Å². The van der Waals surface area contributed by atoms with Crippen LogP contribution >= 0.6 is 0 Å². The minimum absolute atomic E-state index is 0.0692. The number of ether oxygens (including phenoxy) is 2. The molecular weight excluding hydrogens is 392 g/mol. The Balaban J connectivity index is 1.65. The van der Waals surface area contributed by atoms with Gasteiger partial charge in [-0.25, -0.2) is 0 Å². The third-order valence-corrected chi connectivity index (χ3v) is 6.11. The standard InChI is InChI=1S/C25H34N2O4/c1-6-12-25(4)13-7-14-27(17-25)24(28)11-9-20-8-10-22(23(15-20)29-5)30-16-21-18(2)26-31-19(21)3/h8-11,15H,6-7,12-14,16-17H2,1-5H3/b11-9-/t25-/m0/s1. The first-order valence-corrected chi connectivity index (χ1v) is 11.0. The van der Waals surface area contributed by atoms with Gasteiger partial charge in [-0.15, -0.1) is 0 Å². The second kappa shape index (κ2) is 10.0. The van der Waals surface area contributed by atoms with E-state index in [0.717, 1.165) is 54.9 Å². The van der Waals surface area contributed by atoms with Crippen LogP contribution in [0.4, 0.5) is 0 Å². The zero-order valence-electron chi connectivity index (χ0n) is 19.4. The zero-order valence-corrected chi connectivity index (χ0v) is 19.4. The molecule has 1 amide bonds. The normalized spacial score (nSPS) is 19.1. The van der Waals surface area contributed by atoms with Crippen molar-refractivity contribution in [2.24, 2.45) is 5.41 Å². The number of hydrogen-bond donors (Lipinski definition) is 0. The maximum atomic E-state index is 12.8. The second-order valence-corrected chi connectivity index (χ2v) is 8.76. The number of amides is 1. The third-order valence-electron chi connectivity index (χ3n) is 6.11. The van der Waals surface area contributed by atoms with Crippen LogP contribution in [0.3, 0.4) is 0 Å². The molecule has 31 heavy (non-hydrogen) atoms. The van der Waals surface area contributed by atoms with Crippen LogP contribution in [-0.4, -0.2) is 36.2 Å². The summed E-state index contributed by atoms with van der Waals surface area (Å²) in [7, 11) is 1.61. The fourth-order valence-electron chi connectivity index (χ4n) is 4.35. The molecule has 1 fully saturated rings. The smallest absolute Gasteiger partial charge is 0.246 e. The molecule has 6 heteroatoms. The molecule has 1 aliphatic rings. The Morgan fingerprint density at radius 2 is 2.13 bits per heavy atom. The van der Waals surface area contributed by atoms with Gasteiger partial charge in [-0.2, -0.15) is 0 Å². The van der Waals surface area contributed by atoms with Crippen molar-refractivity contribution in [3.63, 3.8) is 0 Å². The summed E-state index contributed by atoms with van der Waals surface area (Å²) in [5.41, 5.74) is 2.89. The highest BCUT2D eigenvalue weighted by molar-refractivity contribution is 5.92. The minimum atomic E-state index is 0.0692. The van der Waals surface area contributed by atoms with Crippen molar-refractivity contribution in [1.82, 2.24) is 10.1 Å². The number of likely N-dealkylation sites (tertiary alicyclic amines) is 1. The van der Waals surface area contributed by atoms with Crippen molar-refractivity contribution in [3.8, 4) is 11.5 Å². The summed E-state index contributed by atoms with van der Waals surface area (Å²) < 4.78 is 16.6. The van der Waals surface area contributed by atoms with Crippen LogP contribution in [-0.2, 0) is 11.4 Å². The lowest BCUT2D eigenvalue weighted by Crippen LogP contribution is -2.44. The van der Waals surface area contributed by atoms with Gasteiger partial charge in [-0.3, -0.25) is 4.79 Å². The van der Waals surface area contributed by atoms with Crippen molar-refractivity contribution < 1.29 is 18.8 Å². The van der Waals surface area contributed by atoms with Crippen LogP contribution < -0.4 is 9.47 Å². The summed E-state index contributed by atoms with van der Waals surface area (Å²) in [5, 5.41) is 3.95.